The van der Waals surface area contributed by atoms with Crippen molar-refractivity contribution in [3.63, 3.8) is 0 Å². The van der Waals surface area contributed by atoms with E-state index in [-0.39, 0.29) is 0 Å². The number of nitrogens with zero attached hydrogens (tertiary/aromatic N) is 1. The minimum Gasteiger partial charge on any atom is -0.383 e. The van der Waals surface area contributed by atoms with E-state index in [1.807, 2.05) is 0 Å². The van der Waals surface area contributed by atoms with Gasteiger partial charge >= 0.3 is 0 Å². The van der Waals surface area contributed by atoms with Crippen LogP contribution in [0, 0.1) is 5.92 Å². The highest BCUT2D eigenvalue weighted by Gasteiger charge is 2.20. The summed E-state index contributed by atoms with van der Waals surface area (Å²) in [4.78, 5) is 2.49. The highest BCUT2D eigenvalue weighted by molar-refractivity contribution is 4.76. The Morgan fingerprint density at radius 3 is 3.08 bits per heavy atom. The number of likely N-dealkylation sites (tertiary alicyclic amines) is 1. The SMILES string of the molecule is CCNCC1CCN(CCOC)C1. The van der Waals surface area contributed by atoms with Crippen LogP contribution in [0.1, 0.15) is 13.3 Å². The van der Waals surface area contributed by atoms with Crippen LogP contribution in [0.5, 0.6) is 0 Å². The van der Waals surface area contributed by atoms with Gasteiger partial charge in [0.05, 0.1) is 6.61 Å². The van der Waals surface area contributed by atoms with E-state index in [0.29, 0.717) is 0 Å². The smallest absolute Gasteiger partial charge is 0.0589 e. The maximum absolute atomic E-state index is 5.06. The van der Waals surface area contributed by atoms with E-state index in [9.17, 15) is 0 Å². The van der Waals surface area contributed by atoms with E-state index >= 15 is 0 Å². The molecule has 1 atom stereocenters. The molecule has 0 aliphatic carbocycles. The molecule has 78 valence electrons. The van der Waals surface area contributed by atoms with Crippen LogP contribution in [0.2, 0.25) is 0 Å². The third-order valence-electron chi connectivity index (χ3n) is 2.66. The molecule has 1 fully saturated rings. The molecule has 0 amide bonds. The third-order valence-corrected chi connectivity index (χ3v) is 2.66. The molecule has 3 nitrogen and oxygen atoms in total. The lowest BCUT2D eigenvalue weighted by molar-refractivity contribution is 0.159. The predicted molar refractivity (Wildman–Crippen MR) is 55.0 cm³/mol. The van der Waals surface area contributed by atoms with E-state index in [2.05, 4.69) is 17.1 Å². The maximum atomic E-state index is 5.06. The normalized spacial score (nSPS) is 24.0. The Bertz CT molecular complexity index is 116. The van der Waals surface area contributed by atoms with Gasteiger partial charge < -0.3 is 15.0 Å². The summed E-state index contributed by atoms with van der Waals surface area (Å²) in [5, 5.41) is 3.41. The first-order valence-corrected chi connectivity index (χ1v) is 5.28. The van der Waals surface area contributed by atoms with Crippen molar-refractivity contribution in [2.24, 2.45) is 5.92 Å². The number of ether oxygens (including phenoxy) is 1. The molecule has 0 aromatic heterocycles. The largest absolute Gasteiger partial charge is 0.383 e. The molecule has 0 aromatic rings. The highest BCUT2D eigenvalue weighted by Crippen LogP contribution is 2.14. The number of hydrogen-bond donors (Lipinski definition) is 1. The first kappa shape index (κ1) is 11.0. The van der Waals surface area contributed by atoms with E-state index in [1.165, 1.54) is 26.1 Å². The van der Waals surface area contributed by atoms with E-state index < -0.39 is 0 Å². The minimum absolute atomic E-state index is 0.858. The van der Waals surface area contributed by atoms with Gasteiger partial charge in [0.2, 0.25) is 0 Å². The molecule has 3 heteroatoms. The molecule has 1 heterocycles. The van der Waals surface area contributed by atoms with E-state index in [4.69, 9.17) is 4.74 Å². The van der Waals surface area contributed by atoms with Gasteiger partial charge in [0.25, 0.3) is 0 Å². The first-order chi connectivity index (χ1) is 6.36. The minimum atomic E-state index is 0.858. The van der Waals surface area contributed by atoms with E-state index in [0.717, 1.165) is 25.6 Å². The molecule has 1 unspecified atom stereocenters. The Morgan fingerprint density at radius 1 is 1.54 bits per heavy atom. The molecule has 0 spiro atoms. The molecule has 0 aromatic carbocycles. The summed E-state index contributed by atoms with van der Waals surface area (Å²) in [6.45, 7) is 8.90. The summed E-state index contributed by atoms with van der Waals surface area (Å²) in [5.41, 5.74) is 0. The van der Waals surface area contributed by atoms with Crippen LogP contribution in [-0.2, 0) is 4.74 Å². The van der Waals surface area contributed by atoms with Gasteiger partial charge in [0.15, 0.2) is 0 Å². The summed E-state index contributed by atoms with van der Waals surface area (Å²) < 4.78 is 5.06. The van der Waals surface area contributed by atoms with Crippen molar-refractivity contribution in [1.82, 2.24) is 10.2 Å². The lowest BCUT2D eigenvalue weighted by Crippen LogP contribution is -2.28. The average molecular weight is 186 g/mol. The standard InChI is InChI=1S/C10H22N2O/c1-3-11-8-10-4-5-12(9-10)6-7-13-2/h10-11H,3-9H2,1-2H3. The Kier molecular flexibility index (Phi) is 5.35. The molecule has 1 saturated heterocycles. The molecular weight excluding hydrogens is 164 g/mol. The van der Waals surface area contributed by atoms with Crippen LogP contribution in [0.25, 0.3) is 0 Å². The zero-order chi connectivity index (χ0) is 9.52. The van der Waals surface area contributed by atoms with Crippen molar-refractivity contribution >= 4 is 0 Å². The second-order valence-electron chi connectivity index (χ2n) is 3.76. The van der Waals surface area contributed by atoms with Crippen LogP contribution >= 0.6 is 0 Å². The Morgan fingerprint density at radius 2 is 2.38 bits per heavy atom. The van der Waals surface area contributed by atoms with Crippen LogP contribution in [0.15, 0.2) is 0 Å². The Balaban J connectivity index is 2.05. The fraction of sp³-hybridized carbons (Fsp3) is 1.00. The first-order valence-electron chi connectivity index (χ1n) is 5.28. The van der Waals surface area contributed by atoms with E-state index in [1.54, 1.807) is 7.11 Å². The summed E-state index contributed by atoms with van der Waals surface area (Å²) in [5.74, 6) is 0.858. The Hall–Kier alpha value is -0.120. The molecule has 0 bridgehead atoms. The molecule has 13 heavy (non-hydrogen) atoms. The lowest BCUT2D eigenvalue weighted by atomic mass is 10.1. The second kappa shape index (κ2) is 6.35. The van der Waals surface area contributed by atoms with Crippen molar-refractivity contribution in [2.45, 2.75) is 13.3 Å². The van der Waals surface area contributed by atoms with Crippen molar-refractivity contribution in [1.29, 1.82) is 0 Å². The van der Waals surface area contributed by atoms with Gasteiger partial charge in [-0.2, -0.15) is 0 Å². The quantitative estimate of drug-likeness (QED) is 0.656. The van der Waals surface area contributed by atoms with Gasteiger partial charge in [0.1, 0.15) is 0 Å². The second-order valence-corrected chi connectivity index (χ2v) is 3.76. The maximum Gasteiger partial charge on any atom is 0.0589 e. The van der Waals surface area contributed by atoms with Crippen molar-refractivity contribution in [3.8, 4) is 0 Å². The summed E-state index contributed by atoms with van der Waals surface area (Å²) in [7, 11) is 1.77. The molecule has 0 radical (unpaired) electrons. The average Bonchev–Trinajstić information content (AvgIpc) is 2.59. The summed E-state index contributed by atoms with van der Waals surface area (Å²) in [6.07, 6.45) is 1.34. The van der Waals surface area contributed by atoms with Gasteiger partial charge in [0, 0.05) is 20.2 Å². The number of rotatable bonds is 6. The molecule has 1 rings (SSSR count). The third kappa shape index (κ3) is 4.07. The van der Waals surface area contributed by atoms with Gasteiger partial charge in [-0.25, -0.2) is 0 Å². The number of nitrogens with one attached hydrogen (secondary N) is 1. The highest BCUT2D eigenvalue weighted by atomic mass is 16.5. The molecule has 1 aliphatic heterocycles. The molecule has 1 N–H and O–H groups in total. The van der Waals surface area contributed by atoms with Gasteiger partial charge in [-0.15, -0.1) is 0 Å². The van der Waals surface area contributed by atoms with Gasteiger partial charge in [-0.05, 0) is 32.0 Å². The molecular formula is C10H22N2O. The number of hydrogen-bond acceptors (Lipinski definition) is 3. The van der Waals surface area contributed by atoms with Crippen LogP contribution in [-0.4, -0.2) is 51.3 Å². The topological polar surface area (TPSA) is 24.5 Å². The van der Waals surface area contributed by atoms with Gasteiger partial charge in [-0.1, -0.05) is 6.92 Å². The fourth-order valence-corrected chi connectivity index (χ4v) is 1.85. The monoisotopic (exact) mass is 186 g/mol. The lowest BCUT2D eigenvalue weighted by Gasteiger charge is -2.15. The van der Waals surface area contributed by atoms with Crippen molar-refractivity contribution in [3.05, 3.63) is 0 Å². The van der Waals surface area contributed by atoms with Crippen molar-refractivity contribution in [2.75, 3.05) is 46.4 Å². The predicted octanol–water partition coefficient (Wildman–Crippen LogP) is 0.564. The van der Waals surface area contributed by atoms with Crippen LogP contribution < -0.4 is 5.32 Å². The zero-order valence-corrected chi connectivity index (χ0v) is 8.88. The summed E-state index contributed by atoms with van der Waals surface area (Å²) in [6, 6.07) is 0. The van der Waals surface area contributed by atoms with Gasteiger partial charge in [-0.3, -0.25) is 0 Å². The molecule has 1 aliphatic rings. The summed E-state index contributed by atoms with van der Waals surface area (Å²) >= 11 is 0. The molecule has 0 saturated carbocycles. The van der Waals surface area contributed by atoms with Crippen LogP contribution in [0.3, 0.4) is 0 Å². The fourth-order valence-electron chi connectivity index (χ4n) is 1.85. The van der Waals surface area contributed by atoms with Crippen LogP contribution in [0.4, 0.5) is 0 Å². The Labute approximate surface area is 81.4 Å². The van der Waals surface area contributed by atoms with Crippen molar-refractivity contribution < 1.29 is 4.74 Å². The number of methoxy groups -OCH3 is 1. The zero-order valence-electron chi connectivity index (χ0n) is 8.88.